The van der Waals surface area contributed by atoms with E-state index in [0.717, 1.165) is 59.4 Å². The Kier molecular flexibility index (Phi) is 8.96. The number of urea groups is 1. The predicted octanol–water partition coefficient (Wildman–Crippen LogP) is 4.95. The summed E-state index contributed by atoms with van der Waals surface area (Å²) in [6, 6.07) is 14.7. The van der Waals surface area contributed by atoms with Crippen molar-refractivity contribution in [1.82, 2.24) is 19.9 Å². The Morgan fingerprint density at radius 2 is 1.19 bits per heavy atom. The molecule has 0 radical (unpaired) electrons. The summed E-state index contributed by atoms with van der Waals surface area (Å²) in [5.41, 5.74) is 4.11. The van der Waals surface area contributed by atoms with Gasteiger partial charge in [-0.05, 0) is 61.7 Å². The number of amides is 2. The smallest absolute Gasteiger partial charge is 0.323 e. The number of carbonyl (C=O) groups excluding carboxylic acids is 1. The van der Waals surface area contributed by atoms with Gasteiger partial charge in [-0.15, -0.1) is 11.8 Å². The van der Waals surface area contributed by atoms with Crippen molar-refractivity contribution in [3.8, 4) is 22.8 Å². The number of nitrogens with one attached hydrogen (secondary N) is 2. The number of nitrogens with zero attached hydrogens (tertiary/aromatic N) is 6. The zero-order valence-corrected chi connectivity index (χ0v) is 25.1. The van der Waals surface area contributed by atoms with Gasteiger partial charge >= 0.3 is 6.03 Å². The highest BCUT2D eigenvalue weighted by molar-refractivity contribution is 7.98. The molecule has 2 amide bonds. The molecule has 0 saturated carbocycles. The monoisotopic (exact) mass is 598 g/mol. The van der Waals surface area contributed by atoms with Gasteiger partial charge in [0.15, 0.2) is 11.6 Å². The van der Waals surface area contributed by atoms with Crippen molar-refractivity contribution in [2.24, 2.45) is 0 Å². The van der Waals surface area contributed by atoms with Gasteiger partial charge in [0, 0.05) is 66.6 Å². The fourth-order valence-electron chi connectivity index (χ4n) is 5.01. The maximum Gasteiger partial charge on any atom is 0.323 e. The van der Waals surface area contributed by atoms with E-state index in [1.165, 1.54) is 0 Å². The molecule has 0 atom stereocenters. The molecule has 0 unspecified atom stereocenters. The largest absolute Gasteiger partial charge is 0.378 e. The first-order valence-electron chi connectivity index (χ1n) is 14.3. The number of hydrogen-bond donors (Lipinski definition) is 2. The fraction of sp³-hybridized carbons (Fsp3) is 0.323. The van der Waals surface area contributed by atoms with Gasteiger partial charge in [-0.25, -0.2) is 24.7 Å². The molecule has 43 heavy (non-hydrogen) atoms. The van der Waals surface area contributed by atoms with E-state index in [0.29, 0.717) is 49.5 Å². The lowest BCUT2D eigenvalue weighted by Crippen LogP contribution is -2.37. The lowest BCUT2D eigenvalue weighted by Gasteiger charge is -2.29. The average molecular weight is 599 g/mol. The van der Waals surface area contributed by atoms with E-state index in [9.17, 15) is 4.79 Å². The molecule has 2 aromatic carbocycles. The Morgan fingerprint density at radius 3 is 1.70 bits per heavy atom. The number of aromatic nitrogens is 4. The number of rotatable bonds is 7. The van der Waals surface area contributed by atoms with Crippen LogP contribution in [0.25, 0.3) is 22.8 Å². The maximum absolute atomic E-state index is 12.7. The van der Waals surface area contributed by atoms with Crippen LogP contribution >= 0.6 is 11.8 Å². The van der Waals surface area contributed by atoms with Gasteiger partial charge in [0.2, 0.25) is 0 Å². The highest BCUT2D eigenvalue weighted by Gasteiger charge is 2.19. The number of carbonyl (C=O) groups is 1. The maximum atomic E-state index is 12.7. The van der Waals surface area contributed by atoms with Crippen LogP contribution in [0.2, 0.25) is 0 Å². The van der Waals surface area contributed by atoms with Crippen LogP contribution in [0.3, 0.4) is 0 Å². The average Bonchev–Trinajstić information content (AvgIpc) is 3.06. The molecule has 11 nitrogen and oxygen atoms in total. The molecule has 2 aromatic heterocycles. The van der Waals surface area contributed by atoms with E-state index in [-0.39, 0.29) is 6.03 Å². The van der Waals surface area contributed by atoms with Crippen LogP contribution in [-0.4, -0.2) is 84.8 Å². The summed E-state index contributed by atoms with van der Waals surface area (Å²) in [6.07, 6.45) is 5.76. The number of aryl methyl sites for hydroxylation is 1. The lowest BCUT2D eigenvalue weighted by atomic mass is 10.2. The fourth-order valence-corrected chi connectivity index (χ4v) is 5.53. The Morgan fingerprint density at radius 1 is 0.721 bits per heavy atom. The summed E-state index contributed by atoms with van der Waals surface area (Å²) in [5.74, 6) is 3.15. The number of anilines is 4. The van der Waals surface area contributed by atoms with E-state index in [1.807, 2.05) is 74.1 Å². The Hall–Kier alpha value is -4.26. The minimum absolute atomic E-state index is 0.336. The van der Waals surface area contributed by atoms with Crippen molar-refractivity contribution in [1.29, 1.82) is 0 Å². The van der Waals surface area contributed by atoms with E-state index in [1.54, 1.807) is 11.8 Å². The Balaban J connectivity index is 1.08. The van der Waals surface area contributed by atoms with E-state index in [2.05, 4.69) is 30.4 Å². The Bertz CT molecular complexity index is 1560. The summed E-state index contributed by atoms with van der Waals surface area (Å²) in [7, 11) is 0. The van der Waals surface area contributed by atoms with Gasteiger partial charge in [0.1, 0.15) is 11.6 Å². The molecule has 2 aliphatic heterocycles. The molecule has 4 aromatic rings. The van der Waals surface area contributed by atoms with Gasteiger partial charge in [-0.2, -0.15) is 0 Å². The van der Waals surface area contributed by atoms with Crippen LogP contribution in [0.15, 0.2) is 65.8 Å². The van der Waals surface area contributed by atoms with Crippen molar-refractivity contribution < 1.29 is 14.3 Å². The van der Waals surface area contributed by atoms with Crippen molar-refractivity contribution in [3.05, 3.63) is 66.5 Å². The topological polar surface area (TPSA) is 118 Å². The number of morpholine rings is 2. The third-order valence-corrected chi connectivity index (χ3v) is 8.05. The summed E-state index contributed by atoms with van der Waals surface area (Å²) in [6.45, 7) is 8.03. The summed E-state index contributed by atoms with van der Waals surface area (Å²) in [4.78, 5) is 37.0. The minimum atomic E-state index is -0.336. The predicted molar refractivity (Wildman–Crippen MR) is 170 cm³/mol. The second kappa shape index (κ2) is 13.4. The number of ether oxygens (including phenoxy) is 2. The minimum Gasteiger partial charge on any atom is -0.378 e. The first kappa shape index (κ1) is 28.8. The molecule has 0 bridgehead atoms. The second-order valence-electron chi connectivity index (χ2n) is 10.2. The SMILES string of the molecule is CSc1cnc(-c2ccc(NC(=O)Nc3ccc(-c4ncc(C)c(N5CCOCC5)n4)cc3)cc2)nc1N1CCOCC1. The zero-order valence-electron chi connectivity index (χ0n) is 24.2. The summed E-state index contributed by atoms with van der Waals surface area (Å²) < 4.78 is 11.0. The molecular formula is C31H34N8O3S. The van der Waals surface area contributed by atoms with Gasteiger partial charge in [-0.3, -0.25) is 0 Å². The van der Waals surface area contributed by atoms with E-state index < -0.39 is 0 Å². The van der Waals surface area contributed by atoms with Gasteiger partial charge < -0.3 is 29.9 Å². The van der Waals surface area contributed by atoms with Crippen LogP contribution in [0.4, 0.5) is 27.8 Å². The molecule has 0 aliphatic carbocycles. The number of hydrogen-bond acceptors (Lipinski definition) is 10. The first-order chi connectivity index (χ1) is 21.1. The lowest BCUT2D eigenvalue weighted by molar-refractivity contribution is 0.122. The van der Waals surface area contributed by atoms with Crippen LogP contribution < -0.4 is 20.4 Å². The van der Waals surface area contributed by atoms with Crippen molar-refractivity contribution in [2.75, 3.05) is 79.3 Å². The first-order valence-corrected chi connectivity index (χ1v) is 15.5. The van der Waals surface area contributed by atoms with Gasteiger partial charge in [-0.1, -0.05) is 0 Å². The molecule has 2 fully saturated rings. The summed E-state index contributed by atoms with van der Waals surface area (Å²) in [5, 5.41) is 5.78. The van der Waals surface area contributed by atoms with Crippen molar-refractivity contribution >= 4 is 40.8 Å². The highest BCUT2D eigenvalue weighted by Crippen LogP contribution is 2.30. The van der Waals surface area contributed by atoms with Crippen molar-refractivity contribution in [3.63, 3.8) is 0 Å². The molecular weight excluding hydrogens is 564 g/mol. The van der Waals surface area contributed by atoms with E-state index in [4.69, 9.17) is 19.4 Å². The van der Waals surface area contributed by atoms with Crippen LogP contribution in [0.5, 0.6) is 0 Å². The quantitative estimate of drug-likeness (QED) is 0.283. The van der Waals surface area contributed by atoms with Crippen LogP contribution in [-0.2, 0) is 9.47 Å². The standard InChI is InChI=1S/C31H34N8O3S/c1-21-19-32-27(36-29(21)38-11-15-41-16-12-38)22-3-7-24(8-4-22)34-31(40)35-25-9-5-23(6-10-25)28-33-20-26(43-2)30(37-28)39-13-17-42-18-14-39/h3-10,19-20H,11-18H2,1-2H3,(H2,34,35,40). The zero-order chi connectivity index (χ0) is 29.6. The molecule has 222 valence electrons. The van der Waals surface area contributed by atoms with Gasteiger partial charge in [0.25, 0.3) is 0 Å². The molecule has 12 heteroatoms. The van der Waals surface area contributed by atoms with Gasteiger partial charge in [0.05, 0.1) is 31.3 Å². The third kappa shape index (κ3) is 6.87. The molecule has 6 rings (SSSR count). The molecule has 0 spiro atoms. The van der Waals surface area contributed by atoms with E-state index >= 15 is 0 Å². The molecule has 2 saturated heterocycles. The Labute approximate surface area is 255 Å². The molecule has 4 heterocycles. The van der Waals surface area contributed by atoms with Crippen molar-refractivity contribution in [2.45, 2.75) is 11.8 Å². The molecule has 2 aliphatic rings. The number of thioether (sulfide) groups is 1. The van der Waals surface area contributed by atoms with Crippen LogP contribution in [0, 0.1) is 6.92 Å². The second-order valence-corrected chi connectivity index (χ2v) is 11.1. The number of benzene rings is 2. The van der Waals surface area contributed by atoms with Crippen LogP contribution in [0.1, 0.15) is 5.56 Å². The summed E-state index contributed by atoms with van der Waals surface area (Å²) >= 11 is 1.63. The third-order valence-electron chi connectivity index (χ3n) is 7.32. The molecule has 2 N–H and O–H groups in total. The highest BCUT2D eigenvalue weighted by atomic mass is 32.2. The normalized spacial score (nSPS) is 15.3.